The zero-order chi connectivity index (χ0) is 14.0. The first-order valence-electron chi connectivity index (χ1n) is 6.91. The Hall–Kier alpha value is -1.57. The molecule has 0 aliphatic heterocycles. The number of aryl methyl sites for hydroxylation is 2. The molecule has 0 saturated carbocycles. The maximum Gasteiger partial charge on any atom is 0.328 e. The van der Waals surface area contributed by atoms with Crippen LogP contribution < -0.4 is 0 Å². The molecule has 1 aliphatic carbocycles. The van der Waals surface area contributed by atoms with Crippen molar-refractivity contribution >= 4 is 11.5 Å². The van der Waals surface area contributed by atoms with E-state index in [1.54, 1.807) is 0 Å². The van der Waals surface area contributed by atoms with Crippen LogP contribution in [0, 0.1) is 5.41 Å². The van der Waals surface area contributed by atoms with Crippen LogP contribution in [-0.4, -0.2) is 11.1 Å². The monoisotopic (exact) mass is 258 g/mol. The fraction of sp³-hybridized carbons (Fsp3) is 0.471. The van der Waals surface area contributed by atoms with Crippen molar-refractivity contribution in [3.63, 3.8) is 0 Å². The molecule has 0 atom stereocenters. The molecule has 0 aromatic heterocycles. The van der Waals surface area contributed by atoms with Crippen LogP contribution in [0.4, 0.5) is 0 Å². The Morgan fingerprint density at radius 2 is 1.95 bits per heavy atom. The van der Waals surface area contributed by atoms with E-state index in [1.807, 2.05) is 0 Å². The molecule has 1 aliphatic rings. The van der Waals surface area contributed by atoms with E-state index in [2.05, 4.69) is 39.0 Å². The van der Waals surface area contributed by atoms with E-state index in [4.69, 9.17) is 5.11 Å². The molecule has 1 aromatic carbocycles. The second kappa shape index (κ2) is 5.20. The number of benzene rings is 1. The molecule has 0 bridgehead atoms. The van der Waals surface area contributed by atoms with E-state index in [0.717, 1.165) is 30.4 Å². The molecule has 0 saturated heterocycles. The Morgan fingerprint density at radius 1 is 1.26 bits per heavy atom. The third kappa shape index (κ3) is 3.69. The molecule has 1 aromatic rings. The van der Waals surface area contributed by atoms with Crippen LogP contribution in [0.5, 0.6) is 0 Å². The molecule has 2 nitrogen and oxygen atoms in total. The van der Waals surface area contributed by atoms with E-state index in [1.165, 1.54) is 23.6 Å². The summed E-state index contributed by atoms with van der Waals surface area (Å²) in [6, 6.07) is 6.42. The van der Waals surface area contributed by atoms with Crippen molar-refractivity contribution in [3.05, 3.63) is 41.0 Å². The van der Waals surface area contributed by atoms with Gasteiger partial charge in [-0.05, 0) is 53.4 Å². The smallest absolute Gasteiger partial charge is 0.328 e. The number of hydrogen-bond acceptors (Lipinski definition) is 1. The lowest BCUT2D eigenvalue weighted by molar-refractivity contribution is -0.131. The predicted molar refractivity (Wildman–Crippen MR) is 78.2 cm³/mol. The number of allylic oxidation sites excluding steroid dienone is 1. The molecule has 0 amide bonds. The third-order valence-corrected chi connectivity index (χ3v) is 3.49. The minimum Gasteiger partial charge on any atom is -0.478 e. The Morgan fingerprint density at radius 3 is 2.58 bits per heavy atom. The lowest BCUT2D eigenvalue weighted by Crippen LogP contribution is -2.07. The highest BCUT2D eigenvalue weighted by Gasteiger charge is 2.18. The van der Waals surface area contributed by atoms with Gasteiger partial charge in [-0.1, -0.05) is 39.0 Å². The van der Waals surface area contributed by atoms with Crippen molar-refractivity contribution in [3.8, 4) is 0 Å². The predicted octanol–water partition coefficient (Wildman–Crippen LogP) is 4.08. The first-order valence-corrected chi connectivity index (χ1v) is 6.91. The molecule has 0 radical (unpaired) electrons. The molecule has 0 unspecified atom stereocenters. The van der Waals surface area contributed by atoms with Crippen molar-refractivity contribution in [2.45, 2.75) is 46.5 Å². The zero-order valence-electron chi connectivity index (χ0n) is 12.0. The molecule has 0 heterocycles. The van der Waals surface area contributed by atoms with Crippen LogP contribution in [0.15, 0.2) is 24.3 Å². The van der Waals surface area contributed by atoms with Gasteiger partial charge >= 0.3 is 5.97 Å². The quantitative estimate of drug-likeness (QED) is 0.829. The molecule has 0 fully saturated rings. The van der Waals surface area contributed by atoms with Crippen molar-refractivity contribution in [2.24, 2.45) is 5.41 Å². The Balaban J connectivity index is 2.36. The summed E-state index contributed by atoms with van der Waals surface area (Å²) in [7, 11) is 0. The average Bonchev–Trinajstić information content (AvgIpc) is 2.72. The first kappa shape index (κ1) is 13.9. The molecular weight excluding hydrogens is 236 g/mol. The number of carbonyl (C=O) groups is 1. The van der Waals surface area contributed by atoms with Gasteiger partial charge in [-0.25, -0.2) is 4.79 Å². The highest BCUT2D eigenvalue weighted by molar-refractivity contribution is 5.90. The van der Waals surface area contributed by atoms with Gasteiger partial charge in [0.25, 0.3) is 0 Å². The second-order valence-electron chi connectivity index (χ2n) is 6.58. The zero-order valence-corrected chi connectivity index (χ0v) is 12.0. The van der Waals surface area contributed by atoms with Gasteiger partial charge in [0, 0.05) is 6.08 Å². The Labute approximate surface area is 115 Å². The van der Waals surface area contributed by atoms with Gasteiger partial charge in [-0.15, -0.1) is 0 Å². The molecular formula is C17H22O2. The third-order valence-electron chi connectivity index (χ3n) is 3.49. The van der Waals surface area contributed by atoms with Crippen LogP contribution >= 0.6 is 0 Å². The summed E-state index contributed by atoms with van der Waals surface area (Å²) in [4.78, 5) is 11.0. The highest BCUT2D eigenvalue weighted by atomic mass is 16.4. The summed E-state index contributed by atoms with van der Waals surface area (Å²) in [5, 5.41) is 9.06. The van der Waals surface area contributed by atoms with Gasteiger partial charge in [-0.2, -0.15) is 0 Å². The SMILES string of the molecule is CC(C)(C)C/C(=C/C(=O)O)c1ccc2c(c1)CCC2. The van der Waals surface area contributed by atoms with Crippen LogP contribution in [0.3, 0.4) is 0 Å². The minimum atomic E-state index is -0.861. The minimum absolute atomic E-state index is 0.0836. The molecule has 2 heteroatoms. The molecule has 2 rings (SSSR count). The summed E-state index contributed by atoms with van der Waals surface area (Å²) < 4.78 is 0. The molecule has 19 heavy (non-hydrogen) atoms. The van der Waals surface area contributed by atoms with Gasteiger partial charge in [0.1, 0.15) is 0 Å². The van der Waals surface area contributed by atoms with Gasteiger partial charge in [0.05, 0.1) is 0 Å². The summed E-state index contributed by atoms with van der Waals surface area (Å²) in [5.41, 5.74) is 4.89. The van der Waals surface area contributed by atoms with Crippen LogP contribution in [0.25, 0.3) is 5.57 Å². The number of carboxylic acids is 1. The summed E-state index contributed by atoms with van der Waals surface area (Å²) in [5.74, 6) is -0.861. The Kier molecular flexibility index (Phi) is 3.79. The summed E-state index contributed by atoms with van der Waals surface area (Å²) in [6.45, 7) is 6.40. The number of aliphatic carboxylic acids is 1. The maximum absolute atomic E-state index is 11.0. The lowest BCUT2D eigenvalue weighted by Gasteiger charge is -2.21. The normalized spacial score (nSPS) is 15.4. The molecule has 1 N–H and O–H groups in total. The number of rotatable bonds is 3. The van der Waals surface area contributed by atoms with E-state index in [9.17, 15) is 4.79 Å². The largest absolute Gasteiger partial charge is 0.478 e. The summed E-state index contributed by atoms with van der Waals surface area (Å²) >= 11 is 0. The standard InChI is InChI=1S/C17H22O2/c1-17(2,3)11-15(10-16(18)19)14-8-7-12-5-4-6-13(12)9-14/h7-10H,4-6,11H2,1-3H3,(H,18,19)/b15-10-. The van der Waals surface area contributed by atoms with Gasteiger partial charge in [0.2, 0.25) is 0 Å². The van der Waals surface area contributed by atoms with Crippen molar-refractivity contribution < 1.29 is 9.90 Å². The van der Waals surface area contributed by atoms with E-state index >= 15 is 0 Å². The lowest BCUT2D eigenvalue weighted by atomic mass is 9.84. The Bertz CT molecular complexity index is 519. The topological polar surface area (TPSA) is 37.3 Å². The van der Waals surface area contributed by atoms with E-state index in [-0.39, 0.29) is 5.41 Å². The fourth-order valence-corrected chi connectivity index (χ4v) is 2.73. The van der Waals surface area contributed by atoms with Crippen LogP contribution in [0.1, 0.15) is 50.3 Å². The van der Waals surface area contributed by atoms with Crippen molar-refractivity contribution in [1.29, 1.82) is 0 Å². The first-order chi connectivity index (χ1) is 8.85. The maximum atomic E-state index is 11.0. The molecule has 0 spiro atoms. The number of fused-ring (bicyclic) bond motifs is 1. The van der Waals surface area contributed by atoms with Crippen molar-refractivity contribution in [2.75, 3.05) is 0 Å². The van der Waals surface area contributed by atoms with Crippen molar-refractivity contribution in [1.82, 2.24) is 0 Å². The van der Waals surface area contributed by atoms with Crippen LogP contribution in [0.2, 0.25) is 0 Å². The number of carboxylic acid groups (broad SMARTS) is 1. The second-order valence-corrected chi connectivity index (χ2v) is 6.58. The van der Waals surface area contributed by atoms with Gasteiger partial charge in [0.15, 0.2) is 0 Å². The van der Waals surface area contributed by atoms with E-state index in [0.29, 0.717) is 0 Å². The van der Waals surface area contributed by atoms with Crippen LogP contribution in [-0.2, 0) is 17.6 Å². The van der Waals surface area contributed by atoms with E-state index < -0.39 is 5.97 Å². The molecule has 102 valence electrons. The summed E-state index contributed by atoms with van der Waals surface area (Å²) in [6.07, 6.45) is 5.64. The fourth-order valence-electron chi connectivity index (χ4n) is 2.73. The van der Waals surface area contributed by atoms with Gasteiger partial charge in [-0.3, -0.25) is 0 Å². The number of hydrogen-bond donors (Lipinski definition) is 1. The highest BCUT2D eigenvalue weighted by Crippen LogP contribution is 2.32. The van der Waals surface area contributed by atoms with Gasteiger partial charge < -0.3 is 5.11 Å². The average molecular weight is 258 g/mol.